The lowest BCUT2D eigenvalue weighted by Crippen LogP contribution is -2.14. The second kappa shape index (κ2) is 7.86. The number of allylic oxidation sites excluding steroid dienone is 1. The van der Waals surface area contributed by atoms with Gasteiger partial charge in [0.15, 0.2) is 0 Å². The van der Waals surface area contributed by atoms with Crippen LogP contribution in [0.25, 0.3) is 11.3 Å². The van der Waals surface area contributed by atoms with Gasteiger partial charge in [0.05, 0.1) is 11.9 Å². The molecule has 0 bridgehead atoms. The van der Waals surface area contributed by atoms with Gasteiger partial charge in [0.2, 0.25) is 4.80 Å². The van der Waals surface area contributed by atoms with Crippen LogP contribution >= 0.6 is 22.9 Å². The Morgan fingerprint density at radius 2 is 2.08 bits per heavy atom. The maximum atomic E-state index is 5.97. The highest BCUT2D eigenvalue weighted by Crippen LogP contribution is 2.22. The zero-order valence-electron chi connectivity index (χ0n) is 12.8. The van der Waals surface area contributed by atoms with Crippen LogP contribution in [0.4, 0.5) is 0 Å². The molecule has 0 unspecified atom stereocenters. The first-order chi connectivity index (χ1) is 11.8. The number of nitrogens with zero attached hydrogens (tertiary/aromatic N) is 4. The molecule has 0 atom stereocenters. The van der Waals surface area contributed by atoms with Gasteiger partial charge < -0.3 is 4.57 Å². The van der Waals surface area contributed by atoms with Crippen molar-refractivity contribution in [2.75, 3.05) is 0 Å². The third kappa shape index (κ3) is 3.88. The molecule has 120 valence electrons. The van der Waals surface area contributed by atoms with Gasteiger partial charge in [0, 0.05) is 34.9 Å². The van der Waals surface area contributed by atoms with Crippen molar-refractivity contribution >= 4 is 29.2 Å². The van der Waals surface area contributed by atoms with E-state index in [1.165, 1.54) is 11.3 Å². The summed E-state index contributed by atoms with van der Waals surface area (Å²) in [4.78, 5) is 4.85. The van der Waals surface area contributed by atoms with E-state index in [0.717, 1.165) is 26.6 Å². The van der Waals surface area contributed by atoms with Crippen molar-refractivity contribution in [3.63, 3.8) is 0 Å². The van der Waals surface area contributed by atoms with Crippen LogP contribution in [0.5, 0.6) is 0 Å². The number of benzene rings is 1. The molecule has 0 N–H and O–H groups in total. The summed E-state index contributed by atoms with van der Waals surface area (Å²) in [5.41, 5.74) is 3.05. The van der Waals surface area contributed by atoms with Gasteiger partial charge in [-0.15, -0.1) is 23.0 Å². The minimum atomic E-state index is 0.655. The molecule has 3 aromatic rings. The van der Waals surface area contributed by atoms with Gasteiger partial charge in [-0.1, -0.05) is 35.9 Å². The molecule has 1 aromatic carbocycles. The smallest absolute Gasteiger partial charge is 0.211 e. The van der Waals surface area contributed by atoms with Crippen LogP contribution < -0.4 is 4.80 Å². The maximum Gasteiger partial charge on any atom is 0.211 e. The summed E-state index contributed by atoms with van der Waals surface area (Å²) in [6.07, 6.45) is 7.00. The van der Waals surface area contributed by atoms with E-state index in [4.69, 9.17) is 11.6 Å². The summed E-state index contributed by atoms with van der Waals surface area (Å²) in [5, 5.41) is 11.3. The second-order valence-electron chi connectivity index (χ2n) is 4.94. The average molecular weight is 355 g/mol. The number of thiazole rings is 1. The molecule has 0 fully saturated rings. The van der Waals surface area contributed by atoms with E-state index in [-0.39, 0.29) is 0 Å². The average Bonchev–Trinajstić information content (AvgIpc) is 3.00. The molecule has 0 radical (unpaired) electrons. The zero-order chi connectivity index (χ0) is 16.8. The third-order valence-corrected chi connectivity index (χ3v) is 4.39. The Balaban J connectivity index is 1.96. The summed E-state index contributed by atoms with van der Waals surface area (Å²) >= 11 is 7.51. The molecule has 6 heteroatoms. The first-order valence-electron chi connectivity index (χ1n) is 7.30. The monoisotopic (exact) mass is 354 g/mol. The second-order valence-corrected chi connectivity index (χ2v) is 6.21. The Morgan fingerprint density at radius 1 is 1.25 bits per heavy atom. The third-order valence-electron chi connectivity index (χ3n) is 3.28. The van der Waals surface area contributed by atoms with Gasteiger partial charge in [-0.05, 0) is 23.8 Å². The Kier molecular flexibility index (Phi) is 5.36. The van der Waals surface area contributed by atoms with E-state index < -0.39 is 0 Å². The van der Waals surface area contributed by atoms with Crippen LogP contribution in [-0.2, 0) is 6.54 Å². The number of pyridine rings is 1. The fourth-order valence-corrected chi connectivity index (χ4v) is 3.16. The fourth-order valence-electron chi connectivity index (χ4n) is 2.16. The molecule has 0 aliphatic carbocycles. The van der Waals surface area contributed by atoms with Gasteiger partial charge in [0.1, 0.15) is 0 Å². The van der Waals surface area contributed by atoms with E-state index in [2.05, 4.69) is 31.7 Å². The van der Waals surface area contributed by atoms with Crippen LogP contribution in [-0.4, -0.2) is 15.8 Å². The number of hydrogen-bond donors (Lipinski definition) is 0. The van der Waals surface area contributed by atoms with Crippen molar-refractivity contribution in [2.45, 2.75) is 6.54 Å². The lowest BCUT2D eigenvalue weighted by Gasteiger charge is -2.06. The molecule has 24 heavy (non-hydrogen) atoms. The van der Waals surface area contributed by atoms with E-state index in [1.54, 1.807) is 18.6 Å². The van der Waals surface area contributed by atoms with Gasteiger partial charge in [0.25, 0.3) is 0 Å². The summed E-state index contributed by atoms with van der Waals surface area (Å²) in [5.74, 6) is 0. The molecule has 0 aliphatic heterocycles. The summed E-state index contributed by atoms with van der Waals surface area (Å²) in [7, 11) is 0. The summed E-state index contributed by atoms with van der Waals surface area (Å²) in [6.45, 7) is 4.48. The van der Waals surface area contributed by atoms with Gasteiger partial charge in [-0.3, -0.25) is 4.98 Å². The van der Waals surface area contributed by atoms with Crippen molar-refractivity contribution in [3.05, 3.63) is 82.2 Å². The topological polar surface area (TPSA) is 42.5 Å². The predicted octanol–water partition coefficient (Wildman–Crippen LogP) is 4.39. The summed E-state index contributed by atoms with van der Waals surface area (Å²) in [6, 6.07) is 11.5. The lowest BCUT2D eigenvalue weighted by molar-refractivity contribution is 0.789. The standard InChI is InChI=1S/C18H15ClN4S/c1-2-10-23-17(15-5-7-16(19)8-6-15)13-24-18(23)22-21-12-14-4-3-9-20-11-14/h2-9,11-13H,1,10H2. The molecule has 2 aromatic heterocycles. The Labute approximate surface area is 149 Å². The van der Waals surface area contributed by atoms with Gasteiger partial charge in [-0.25, -0.2) is 0 Å². The molecule has 0 saturated heterocycles. The molecule has 0 amide bonds. The Hall–Kier alpha value is -2.50. The van der Waals surface area contributed by atoms with Gasteiger partial charge >= 0.3 is 0 Å². The Bertz CT molecular complexity index is 908. The zero-order valence-corrected chi connectivity index (χ0v) is 14.4. The van der Waals surface area contributed by atoms with Crippen LogP contribution in [0, 0.1) is 0 Å². The molecular formula is C18H15ClN4S. The largest absolute Gasteiger partial charge is 0.311 e. The molecule has 0 aliphatic rings. The first-order valence-corrected chi connectivity index (χ1v) is 8.56. The minimum absolute atomic E-state index is 0.655. The first kappa shape index (κ1) is 16.4. The number of aromatic nitrogens is 2. The van der Waals surface area contributed by atoms with E-state index in [1.807, 2.05) is 42.5 Å². The van der Waals surface area contributed by atoms with Crippen molar-refractivity contribution in [1.29, 1.82) is 0 Å². The van der Waals surface area contributed by atoms with Gasteiger partial charge in [-0.2, -0.15) is 5.10 Å². The van der Waals surface area contributed by atoms with Crippen LogP contribution in [0.15, 0.2) is 77.0 Å². The molecule has 2 heterocycles. The van der Waals surface area contributed by atoms with E-state index in [0.29, 0.717) is 6.54 Å². The van der Waals surface area contributed by atoms with Crippen molar-refractivity contribution < 1.29 is 0 Å². The highest BCUT2D eigenvalue weighted by Gasteiger charge is 2.06. The van der Waals surface area contributed by atoms with Crippen LogP contribution in [0.2, 0.25) is 5.02 Å². The molecule has 3 rings (SSSR count). The summed E-state index contributed by atoms with van der Waals surface area (Å²) < 4.78 is 2.07. The predicted molar refractivity (Wildman–Crippen MR) is 100 cm³/mol. The highest BCUT2D eigenvalue weighted by atomic mass is 35.5. The van der Waals surface area contributed by atoms with Crippen LogP contribution in [0.3, 0.4) is 0 Å². The van der Waals surface area contributed by atoms with Crippen LogP contribution in [0.1, 0.15) is 5.56 Å². The quantitative estimate of drug-likeness (QED) is 0.380. The number of rotatable bonds is 5. The fraction of sp³-hybridized carbons (Fsp3) is 0.0556. The van der Waals surface area contributed by atoms with E-state index in [9.17, 15) is 0 Å². The van der Waals surface area contributed by atoms with Crippen molar-refractivity contribution in [2.24, 2.45) is 10.2 Å². The van der Waals surface area contributed by atoms with E-state index >= 15 is 0 Å². The van der Waals surface area contributed by atoms with Crippen molar-refractivity contribution in [3.8, 4) is 11.3 Å². The molecule has 4 nitrogen and oxygen atoms in total. The van der Waals surface area contributed by atoms with Crippen molar-refractivity contribution in [1.82, 2.24) is 9.55 Å². The number of hydrogen-bond acceptors (Lipinski definition) is 4. The molecular weight excluding hydrogens is 340 g/mol. The SMILES string of the molecule is C=CCn1c(-c2ccc(Cl)cc2)csc1=NN=Cc1cccnc1. The maximum absolute atomic E-state index is 5.97. The highest BCUT2D eigenvalue weighted by molar-refractivity contribution is 7.07. The minimum Gasteiger partial charge on any atom is -0.311 e. The lowest BCUT2D eigenvalue weighted by atomic mass is 10.2. The molecule has 0 spiro atoms. The molecule has 0 saturated carbocycles. The normalized spacial score (nSPS) is 12.0. The number of halogens is 1. The Morgan fingerprint density at radius 3 is 2.79 bits per heavy atom.